The Kier molecular flexibility index (Phi) is 7.81. The first kappa shape index (κ1) is 20.6. The van der Waals surface area contributed by atoms with Crippen molar-refractivity contribution in [1.29, 1.82) is 0 Å². The second-order valence-corrected chi connectivity index (χ2v) is 7.02. The third kappa shape index (κ3) is 5.65. The average Bonchev–Trinajstić information content (AvgIpc) is 2.62. The van der Waals surface area contributed by atoms with E-state index < -0.39 is 0 Å². The molecule has 0 aliphatic carbocycles. The van der Waals surface area contributed by atoms with E-state index >= 15 is 0 Å². The number of carbonyl (C=O) groups is 1. The van der Waals surface area contributed by atoms with Crippen molar-refractivity contribution in [3.63, 3.8) is 0 Å². The van der Waals surface area contributed by atoms with E-state index in [-0.39, 0.29) is 24.1 Å². The van der Waals surface area contributed by atoms with Crippen LogP contribution in [0.3, 0.4) is 0 Å². The summed E-state index contributed by atoms with van der Waals surface area (Å²) in [7, 11) is 7.14. The maximum atomic E-state index is 13.6. The lowest BCUT2D eigenvalue weighted by molar-refractivity contribution is -0.125. The average molecular weight is 367 g/mol. The number of hydrogen-bond acceptors (Lipinski definition) is 5. The maximum absolute atomic E-state index is 13.6. The molecule has 1 heterocycles. The van der Waals surface area contributed by atoms with E-state index in [9.17, 15) is 9.18 Å². The third-order valence-corrected chi connectivity index (χ3v) is 4.93. The smallest absolute Gasteiger partial charge is 0.245 e. The molecule has 2 atom stereocenters. The first-order valence-corrected chi connectivity index (χ1v) is 8.91. The molecule has 1 aromatic rings. The highest BCUT2D eigenvalue weighted by Gasteiger charge is 2.31. The van der Waals surface area contributed by atoms with Crippen LogP contribution in [-0.4, -0.2) is 76.3 Å². The zero-order valence-corrected chi connectivity index (χ0v) is 16.1. The summed E-state index contributed by atoms with van der Waals surface area (Å²) in [4.78, 5) is 16.2. The van der Waals surface area contributed by atoms with Gasteiger partial charge in [0.15, 0.2) is 11.6 Å². The van der Waals surface area contributed by atoms with Gasteiger partial charge in [-0.25, -0.2) is 4.39 Å². The van der Waals surface area contributed by atoms with Crippen LogP contribution in [0, 0.1) is 11.7 Å². The number of halogens is 1. The predicted molar refractivity (Wildman–Crippen MR) is 98.7 cm³/mol. The molecular weight excluding hydrogens is 337 g/mol. The number of methoxy groups -OCH3 is 2. The van der Waals surface area contributed by atoms with Crippen LogP contribution in [0.5, 0.6) is 5.75 Å². The van der Waals surface area contributed by atoms with Gasteiger partial charge >= 0.3 is 0 Å². The van der Waals surface area contributed by atoms with E-state index in [1.165, 1.54) is 20.3 Å². The summed E-state index contributed by atoms with van der Waals surface area (Å²) in [5, 5.41) is 2.96. The highest BCUT2D eigenvalue weighted by Crippen LogP contribution is 2.24. The number of nitrogens with one attached hydrogen (secondary N) is 1. The summed E-state index contributed by atoms with van der Waals surface area (Å²) < 4.78 is 23.5. The first-order valence-electron chi connectivity index (χ1n) is 8.91. The molecule has 1 N–H and O–H groups in total. The number of amides is 1. The lowest BCUT2D eigenvalue weighted by Crippen LogP contribution is -2.53. The molecule has 6 nitrogen and oxygen atoms in total. The second kappa shape index (κ2) is 9.85. The van der Waals surface area contributed by atoms with E-state index in [2.05, 4.69) is 29.2 Å². The molecule has 1 aliphatic rings. The molecule has 1 aromatic carbocycles. The number of ether oxygens (including phenoxy) is 2. The Bertz CT molecular complexity index is 597. The van der Waals surface area contributed by atoms with Crippen LogP contribution >= 0.6 is 0 Å². The SMILES string of the molecule is COCC(=O)NC[C@H]1CCN(Cc2ccc(F)c(OC)c2)C[C@H]1N(C)C. The van der Waals surface area contributed by atoms with Crippen molar-refractivity contribution >= 4 is 5.91 Å². The number of piperidine rings is 1. The fourth-order valence-electron chi connectivity index (χ4n) is 3.50. The van der Waals surface area contributed by atoms with Gasteiger partial charge in [-0.3, -0.25) is 9.69 Å². The van der Waals surface area contributed by atoms with Gasteiger partial charge in [-0.1, -0.05) is 6.07 Å². The van der Waals surface area contributed by atoms with Crippen LogP contribution in [0.1, 0.15) is 12.0 Å². The normalized spacial score (nSPS) is 21.0. The molecule has 26 heavy (non-hydrogen) atoms. The molecule has 1 aliphatic heterocycles. The summed E-state index contributed by atoms with van der Waals surface area (Å²) in [5.41, 5.74) is 1.03. The zero-order chi connectivity index (χ0) is 19.1. The summed E-state index contributed by atoms with van der Waals surface area (Å²) in [6.07, 6.45) is 0.994. The molecule has 1 amide bonds. The fourth-order valence-corrected chi connectivity index (χ4v) is 3.50. The van der Waals surface area contributed by atoms with Gasteiger partial charge in [0.05, 0.1) is 7.11 Å². The summed E-state index contributed by atoms with van der Waals surface area (Å²) in [6, 6.07) is 5.36. The van der Waals surface area contributed by atoms with E-state index in [4.69, 9.17) is 9.47 Å². The second-order valence-electron chi connectivity index (χ2n) is 7.02. The first-order chi connectivity index (χ1) is 12.4. The van der Waals surface area contributed by atoms with Crippen LogP contribution in [0.4, 0.5) is 4.39 Å². The van der Waals surface area contributed by atoms with Gasteiger partial charge in [-0.15, -0.1) is 0 Å². The highest BCUT2D eigenvalue weighted by atomic mass is 19.1. The van der Waals surface area contributed by atoms with E-state index in [0.717, 1.165) is 31.6 Å². The van der Waals surface area contributed by atoms with Crippen molar-refractivity contribution in [3.05, 3.63) is 29.6 Å². The fraction of sp³-hybridized carbons (Fsp3) is 0.632. The predicted octanol–water partition coefficient (Wildman–Crippen LogP) is 1.35. The van der Waals surface area contributed by atoms with Gasteiger partial charge in [0.2, 0.25) is 5.91 Å². The number of benzene rings is 1. The molecule has 7 heteroatoms. The van der Waals surface area contributed by atoms with Gasteiger partial charge in [-0.2, -0.15) is 0 Å². The molecule has 0 saturated carbocycles. The van der Waals surface area contributed by atoms with Crippen molar-refractivity contribution in [2.45, 2.75) is 19.0 Å². The quantitative estimate of drug-likeness (QED) is 0.752. The molecule has 146 valence electrons. The molecule has 1 fully saturated rings. The van der Waals surface area contributed by atoms with Crippen molar-refractivity contribution < 1.29 is 18.7 Å². The standard InChI is InChI=1S/C19H30FN3O3/c1-22(2)17-12-23(8-7-15(17)10-21-19(24)13-25-3)11-14-5-6-16(20)18(9-14)26-4/h5-6,9,15,17H,7-8,10-13H2,1-4H3,(H,21,24)/t15-,17-/m1/s1. The Labute approximate surface area is 155 Å². The Morgan fingerprint density at radius 2 is 2.15 bits per heavy atom. The summed E-state index contributed by atoms with van der Waals surface area (Å²) in [5.74, 6) is 0.256. The van der Waals surface area contributed by atoms with Gasteiger partial charge in [-0.05, 0) is 50.7 Å². The van der Waals surface area contributed by atoms with Crippen molar-refractivity contribution in [1.82, 2.24) is 15.1 Å². The van der Waals surface area contributed by atoms with Gasteiger partial charge < -0.3 is 19.7 Å². The molecule has 0 unspecified atom stereocenters. The Balaban J connectivity index is 1.95. The van der Waals surface area contributed by atoms with Crippen molar-refractivity contribution in [3.8, 4) is 5.75 Å². The minimum absolute atomic E-state index is 0.0779. The molecule has 0 spiro atoms. The highest BCUT2D eigenvalue weighted by molar-refractivity contribution is 5.77. The van der Waals surface area contributed by atoms with Gasteiger partial charge in [0.25, 0.3) is 0 Å². The third-order valence-electron chi connectivity index (χ3n) is 4.93. The van der Waals surface area contributed by atoms with Crippen LogP contribution in [0.15, 0.2) is 18.2 Å². The number of likely N-dealkylation sites (N-methyl/N-ethyl adjacent to an activating group) is 1. The van der Waals surface area contributed by atoms with Crippen LogP contribution in [-0.2, 0) is 16.1 Å². The van der Waals surface area contributed by atoms with Crippen molar-refractivity contribution in [2.75, 3.05) is 54.6 Å². The minimum atomic E-state index is -0.340. The minimum Gasteiger partial charge on any atom is -0.494 e. The van der Waals surface area contributed by atoms with Gasteiger partial charge in [0.1, 0.15) is 6.61 Å². The monoisotopic (exact) mass is 367 g/mol. The number of likely N-dealkylation sites (tertiary alicyclic amines) is 1. The largest absolute Gasteiger partial charge is 0.494 e. The number of nitrogens with zero attached hydrogens (tertiary/aromatic N) is 2. The molecule has 0 radical (unpaired) electrons. The van der Waals surface area contributed by atoms with E-state index in [1.807, 2.05) is 0 Å². The Morgan fingerprint density at radius 3 is 2.81 bits per heavy atom. The summed E-state index contributed by atoms with van der Waals surface area (Å²) >= 11 is 0. The molecular formula is C19H30FN3O3. The number of rotatable bonds is 8. The van der Waals surface area contributed by atoms with Crippen LogP contribution in [0.2, 0.25) is 0 Å². The number of hydrogen-bond donors (Lipinski definition) is 1. The molecule has 2 rings (SSSR count). The topological polar surface area (TPSA) is 54.0 Å². The lowest BCUT2D eigenvalue weighted by Gasteiger charge is -2.42. The van der Waals surface area contributed by atoms with E-state index in [1.54, 1.807) is 12.1 Å². The Morgan fingerprint density at radius 1 is 1.38 bits per heavy atom. The lowest BCUT2D eigenvalue weighted by atomic mass is 9.90. The van der Waals surface area contributed by atoms with Crippen molar-refractivity contribution in [2.24, 2.45) is 5.92 Å². The summed E-state index contributed by atoms with van der Waals surface area (Å²) in [6.45, 7) is 3.34. The molecule has 0 bridgehead atoms. The van der Waals surface area contributed by atoms with E-state index in [0.29, 0.717) is 18.5 Å². The zero-order valence-electron chi connectivity index (χ0n) is 16.1. The Hall–Kier alpha value is -1.70. The maximum Gasteiger partial charge on any atom is 0.245 e. The number of carbonyl (C=O) groups excluding carboxylic acids is 1. The van der Waals surface area contributed by atoms with Crippen LogP contribution < -0.4 is 10.1 Å². The van der Waals surface area contributed by atoms with Crippen LogP contribution in [0.25, 0.3) is 0 Å². The van der Waals surface area contributed by atoms with Gasteiger partial charge in [0, 0.05) is 32.8 Å². The molecule has 1 saturated heterocycles. The molecule has 0 aromatic heterocycles.